The molecule has 116 valence electrons. The van der Waals surface area contributed by atoms with Crippen molar-refractivity contribution in [2.45, 2.75) is 13.5 Å². The van der Waals surface area contributed by atoms with E-state index in [-0.39, 0.29) is 0 Å². The van der Waals surface area contributed by atoms with E-state index in [1.807, 2.05) is 25.3 Å². The van der Waals surface area contributed by atoms with Gasteiger partial charge in [-0.1, -0.05) is 17.7 Å². The van der Waals surface area contributed by atoms with Crippen LogP contribution in [0.1, 0.15) is 16.7 Å². The van der Waals surface area contributed by atoms with Gasteiger partial charge in [-0.15, -0.1) is 0 Å². The molecule has 0 spiro atoms. The van der Waals surface area contributed by atoms with Gasteiger partial charge in [0.05, 0.1) is 22.2 Å². The van der Waals surface area contributed by atoms with Crippen LogP contribution in [-0.2, 0) is 6.54 Å². The number of rotatable bonds is 2. The van der Waals surface area contributed by atoms with Gasteiger partial charge in [0, 0.05) is 35.9 Å². The van der Waals surface area contributed by atoms with Gasteiger partial charge in [0.25, 0.3) is 0 Å². The molecule has 4 aromatic rings. The number of benzene rings is 1. The topological polar surface area (TPSA) is 54.5 Å². The minimum Gasteiger partial charge on any atom is -0.328 e. The highest BCUT2D eigenvalue weighted by Gasteiger charge is 2.11. The average Bonchev–Trinajstić information content (AvgIpc) is 2.90. The lowest BCUT2D eigenvalue weighted by molar-refractivity contribution is 0.824. The summed E-state index contributed by atoms with van der Waals surface area (Å²) in [5.41, 5.74) is 4.59. The molecule has 0 radical (unpaired) electrons. The largest absolute Gasteiger partial charge is 0.328 e. The molecule has 3 heterocycles. The molecule has 3 aromatic heterocycles. The van der Waals surface area contributed by atoms with Crippen molar-refractivity contribution in [3.8, 4) is 6.07 Å². The van der Waals surface area contributed by atoms with Crippen LogP contribution in [0.4, 0.5) is 0 Å². The smallest absolute Gasteiger partial charge is 0.141 e. The molecule has 0 saturated heterocycles. The molecular weight excluding hydrogens is 320 g/mol. The summed E-state index contributed by atoms with van der Waals surface area (Å²) in [5, 5.41) is 11.9. The second-order valence-corrected chi connectivity index (χ2v) is 6.23. The Morgan fingerprint density at radius 2 is 2.08 bits per heavy atom. The SMILES string of the molecule is Cc1cn(Cc2ccc3ncc(Cl)cc3c2)c2nccc(C#N)c12. The van der Waals surface area contributed by atoms with Crippen LogP contribution in [0.15, 0.2) is 48.9 Å². The summed E-state index contributed by atoms with van der Waals surface area (Å²) in [7, 11) is 0. The highest BCUT2D eigenvalue weighted by atomic mass is 35.5. The number of aromatic nitrogens is 3. The summed E-state index contributed by atoms with van der Waals surface area (Å²) in [4.78, 5) is 8.78. The van der Waals surface area contributed by atoms with Gasteiger partial charge >= 0.3 is 0 Å². The molecule has 24 heavy (non-hydrogen) atoms. The maximum atomic E-state index is 9.30. The molecule has 5 heteroatoms. The maximum absolute atomic E-state index is 9.30. The summed E-state index contributed by atoms with van der Waals surface area (Å²) < 4.78 is 2.07. The molecule has 0 atom stereocenters. The van der Waals surface area contributed by atoms with E-state index < -0.39 is 0 Å². The quantitative estimate of drug-likeness (QED) is 0.544. The molecule has 0 fully saturated rings. The number of nitriles is 1. The van der Waals surface area contributed by atoms with Crippen LogP contribution in [0.3, 0.4) is 0 Å². The fourth-order valence-electron chi connectivity index (χ4n) is 3.08. The molecule has 0 N–H and O–H groups in total. The number of nitrogens with zero attached hydrogens (tertiary/aromatic N) is 4. The third kappa shape index (κ3) is 2.40. The Bertz CT molecular complexity index is 1120. The van der Waals surface area contributed by atoms with Crippen molar-refractivity contribution in [1.82, 2.24) is 14.5 Å². The van der Waals surface area contributed by atoms with Crippen LogP contribution >= 0.6 is 11.6 Å². The predicted octanol–water partition coefficient (Wildman–Crippen LogP) is 4.47. The lowest BCUT2D eigenvalue weighted by Crippen LogP contribution is -1.99. The lowest BCUT2D eigenvalue weighted by Gasteiger charge is -2.07. The molecule has 0 aliphatic carbocycles. The van der Waals surface area contributed by atoms with E-state index >= 15 is 0 Å². The van der Waals surface area contributed by atoms with Crippen LogP contribution in [0.25, 0.3) is 21.9 Å². The van der Waals surface area contributed by atoms with Crippen LogP contribution in [0.2, 0.25) is 5.02 Å². The highest BCUT2D eigenvalue weighted by molar-refractivity contribution is 6.31. The van der Waals surface area contributed by atoms with Gasteiger partial charge < -0.3 is 4.57 Å². The molecular formula is C19H13ClN4. The average molecular weight is 333 g/mol. The van der Waals surface area contributed by atoms with Crippen LogP contribution in [-0.4, -0.2) is 14.5 Å². The molecule has 0 aliphatic heterocycles. The van der Waals surface area contributed by atoms with Crippen molar-refractivity contribution in [3.63, 3.8) is 0 Å². The zero-order valence-corrected chi connectivity index (χ0v) is 13.7. The van der Waals surface area contributed by atoms with Crippen molar-refractivity contribution in [1.29, 1.82) is 5.26 Å². The first kappa shape index (κ1) is 14.7. The second-order valence-electron chi connectivity index (χ2n) is 5.79. The molecule has 4 nitrogen and oxygen atoms in total. The zero-order chi connectivity index (χ0) is 16.7. The van der Waals surface area contributed by atoms with Crippen molar-refractivity contribution in [3.05, 3.63) is 70.6 Å². The number of hydrogen-bond acceptors (Lipinski definition) is 3. The first-order valence-corrected chi connectivity index (χ1v) is 7.92. The van der Waals surface area contributed by atoms with Gasteiger partial charge in [-0.05, 0) is 42.3 Å². The number of hydrogen-bond donors (Lipinski definition) is 0. The summed E-state index contributed by atoms with van der Waals surface area (Å²) in [6.45, 7) is 2.68. The van der Waals surface area contributed by atoms with Crippen LogP contribution in [0, 0.1) is 18.3 Å². The number of fused-ring (bicyclic) bond motifs is 2. The minimum atomic E-state index is 0.627. The minimum absolute atomic E-state index is 0.627. The third-order valence-electron chi connectivity index (χ3n) is 4.13. The normalized spacial score (nSPS) is 11.0. The Balaban J connectivity index is 1.81. The lowest BCUT2D eigenvalue weighted by atomic mass is 10.1. The Kier molecular flexibility index (Phi) is 3.44. The van der Waals surface area contributed by atoms with Gasteiger partial charge in [0.2, 0.25) is 0 Å². The van der Waals surface area contributed by atoms with Gasteiger partial charge in [-0.2, -0.15) is 5.26 Å². The summed E-state index contributed by atoms with van der Waals surface area (Å²) in [6.07, 6.45) is 5.37. The van der Waals surface area contributed by atoms with Crippen molar-refractivity contribution >= 4 is 33.5 Å². The van der Waals surface area contributed by atoms with Crippen molar-refractivity contribution < 1.29 is 0 Å². The molecule has 0 amide bonds. The maximum Gasteiger partial charge on any atom is 0.141 e. The summed E-state index contributed by atoms with van der Waals surface area (Å²) in [5.74, 6) is 0. The van der Waals surface area contributed by atoms with Gasteiger partial charge in [-0.25, -0.2) is 4.98 Å². The van der Waals surface area contributed by atoms with E-state index in [1.165, 1.54) is 0 Å². The first-order valence-electron chi connectivity index (χ1n) is 7.54. The van der Waals surface area contributed by atoms with Crippen molar-refractivity contribution in [2.75, 3.05) is 0 Å². The summed E-state index contributed by atoms with van der Waals surface area (Å²) >= 11 is 6.04. The van der Waals surface area contributed by atoms with E-state index in [0.717, 1.165) is 33.1 Å². The fourth-order valence-corrected chi connectivity index (χ4v) is 3.25. The standard InChI is InChI=1S/C19H13ClN4/c1-12-10-24(19-18(12)14(8-21)4-5-22-19)11-13-2-3-17-15(6-13)7-16(20)9-23-17/h2-7,9-10H,11H2,1H3. The van der Waals surface area contributed by atoms with Gasteiger partial charge in [0.15, 0.2) is 0 Å². The Morgan fingerprint density at radius 1 is 1.21 bits per heavy atom. The van der Waals surface area contributed by atoms with Crippen LogP contribution in [0.5, 0.6) is 0 Å². The van der Waals surface area contributed by atoms with Crippen LogP contribution < -0.4 is 0 Å². The molecule has 0 bridgehead atoms. The molecule has 0 unspecified atom stereocenters. The Morgan fingerprint density at radius 3 is 2.92 bits per heavy atom. The summed E-state index contributed by atoms with van der Waals surface area (Å²) in [6, 6.07) is 12.0. The monoisotopic (exact) mass is 332 g/mol. The van der Waals surface area contributed by atoms with E-state index in [2.05, 4.69) is 32.7 Å². The predicted molar refractivity (Wildman–Crippen MR) is 95.0 cm³/mol. The number of halogens is 1. The van der Waals surface area contributed by atoms with Gasteiger partial charge in [-0.3, -0.25) is 4.98 Å². The Hall–Kier alpha value is -2.90. The highest BCUT2D eigenvalue weighted by Crippen LogP contribution is 2.24. The first-order chi connectivity index (χ1) is 11.7. The second kappa shape index (κ2) is 5.63. The van der Waals surface area contributed by atoms with Gasteiger partial charge in [0.1, 0.15) is 5.65 Å². The van der Waals surface area contributed by atoms with E-state index in [9.17, 15) is 5.26 Å². The number of pyridine rings is 2. The molecule has 1 aromatic carbocycles. The van der Waals surface area contributed by atoms with E-state index in [1.54, 1.807) is 18.5 Å². The molecule has 4 rings (SSSR count). The van der Waals surface area contributed by atoms with E-state index in [0.29, 0.717) is 17.1 Å². The molecule has 0 saturated carbocycles. The third-order valence-corrected chi connectivity index (χ3v) is 4.34. The number of aryl methyl sites for hydroxylation is 1. The molecule has 0 aliphatic rings. The van der Waals surface area contributed by atoms with E-state index in [4.69, 9.17) is 11.6 Å². The Labute approximate surface area is 144 Å². The fraction of sp³-hybridized carbons (Fsp3) is 0.105. The van der Waals surface area contributed by atoms with Crippen molar-refractivity contribution in [2.24, 2.45) is 0 Å². The zero-order valence-electron chi connectivity index (χ0n) is 13.0.